The standard InChI is InChI=1S/C20H15N5O8S2/c1-10-11(9-21)19-22-12-5-3-4-6-14(12)25(19)20(26)18(10)24-23-13-7-17(35(30,31)32)15(33-2)8-16(13)34(27,28)29/h3-8,22H,1-2H3,(H,27,28,29)(H,30,31,32). The lowest BCUT2D eigenvalue weighted by atomic mass is 10.1. The van der Waals surface area contributed by atoms with E-state index in [2.05, 4.69) is 15.2 Å². The molecule has 0 unspecified atom stereocenters. The van der Waals surface area contributed by atoms with Crippen molar-refractivity contribution in [2.45, 2.75) is 16.7 Å². The van der Waals surface area contributed by atoms with Gasteiger partial charge >= 0.3 is 0 Å². The van der Waals surface area contributed by atoms with Crippen molar-refractivity contribution in [1.29, 1.82) is 5.26 Å². The van der Waals surface area contributed by atoms with E-state index in [0.717, 1.165) is 7.11 Å². The van der Waals surface area contributed by atoms with Crippen molar-refractivity contribution in [3.8, 4) is 11.8 Å². The van der Waals surface area contributed by atoms with Crippen molar-refractivity contribution < 1.29 is 30.7 Å². The van der Waals surface area contributed by atoms with Gasteiger partial charge in [0.15, 0.2) is 5.69 Å². The van der Waals surface area contributed by atoms with E-state index in [9.17, 15) is 36.0 Å². The summed E-state index contributed by atoms with van der Waals surface area (Å²) < 4.78 is 72.3. The highest BCUT2D eigenvalue weighted by Crippen LogP contribution is 2.36. The Labute approximate surface area is 197 Å². The Bertz CT molecular complexity index is 1880. The average Bonchev–Trinajstić information content (AvgIpc) is 3.17. The van der Waals surface area contributed by atoms with Crippen molar-refractivity contribution in [3.05, 3.63) is 57.9 Å². The molecule has 35 heavy (non-hydrogen) atoms. The highest BCUT2D eigenvalue weighted by Gasteiger charge is 2.25. The molecule has 0 saturated heterocycles. The first kappa shape index (κ1) is 24.0. The Hall–Kier alpha value is -4.10. The van der Waals surface area contributed by atoms with Gasteiger partial charge in [0.1, 0.15) is 32.9 Å². The number of hydrogen-bond donors (Lipinski definition) is 3. The molecule has 4 rings (SSSR count). The van der Waals surface area contributed by atoms with Gasteiger partial charge in [-0.05, 0) is 25.1 Å². The molecule has 4 aromatic rings. The maximum Gasteiger partial charge on any atom is 0.298 e. The first-order valence-electron chi connectivity index (χ1n) is 9.53. The molecule has 0 atom stereocenters. The van der Waals surface area contributed by atoms with Crippen LogP contribution in [0.1, 0.15) is 11.1 Å². The number of azo groups is 1. The van der Waals surface area contributed by atoms with E-state index >= 15 is 0 Å². The van der Waals surface area contributed by atoms with Crippen LogP contribution in [0.4, 0.5) is 11.4 Å². The molecule has 2 heterocycles. The summed E-state index contributed by atoms with van der Waals surface area (Å²) >= 11 is 0. The summed E-state index contributed by atoms with van der Waals surface area (Å²) in [7, 11) is -8.86. The van der Waals surface area contributed by atoms with Crippen LogP contribution < -0.4 is 10.3 Å². The van der Waals surface area contributed by atoms with Crippen LogP contribution in [0.2, 0.25) is 0 Å². The van der Waals surface area contributed by atoms with Gasteiger partial charge in [-0.25, -0.2) is 0 Å². The molecular formula is C20H15N5O8S2. The molecule has 0 aliphatic carbocycles. The summed E-state index contributed by atoms with van der Waals surface area (Å²) in [6.45, 7) is 1.43. The van der Waals surface area contributed by atoms with Gasteiger partial charge in [-0.15, -0.1) is 10.2 Å². The van der Waals surface area contributed by atoms with Crippen LogP contribution >= 0.6 is 0 Å². The maximum atomic E-state index is 13.3. The maximum absolute atomic E-state index is 13.3. The number of rotatable bonds is 5. The molecule has 3 N–H and O–H groups in total. The molecule has 0 bridgehead atoms. The number of para-hydroxylation sites is 2. The van der Waals surface area contributed by atoms with Crippen molar-refractivity contribution in [1.82, 2.24) is 9.38 Å². The SMILES string of the molecule is COc1cc(S(=O)(=O)O)c(N=Nc2c(C)c(C#N)c3[nH]c4ccccc4n3c2=O)cc1S(=O)(=O)O. The molecule has 0 amide bonds. The molecule has 2 aromatic carbocycles. The fourth-order valence-electron chi connectivity index (χ4n) is 3.56. The summed E-state index contributed by atoms with van der Waals surface area (Å²) in [4.78, 5) is 14.5. The predicted molar refractivity (Wildman–Crippen MR) is 122 cm³/mol. The van der Waals surface area contributed by atoms with Crippen molar-refractivity contribution >= 4 is 48.3 Å². The van der Waals surface area contributed by atoms with Gasteiger partial charge in [0.25, 0.3) is 25.8 Å². The molecule has 0 aliphatic heterocycles. The van der Waals surface area contributed by atoms with E-state index < -0.39 is 47.0 Å². The highest BCUT2D eigenvalue weighted by atomic mass is 32.2. The summed E-state index contributed by atoms with van der Waals surface area (Å²) in [5, 5.41) is 17.2. The van der Waals surface area contributed by atoms with E-state index in [1.807, 2.05) is 6.07 Å². The molecule has 15 heteroatoms. The number of benzene rings is 2. The number of nitrogens with zero attached hydrogens (tertiary/aromatic N) is 4. The quantitative estimate of drug-likeness (QED) is 0.262. The molecule has 0 fully saturated rings. The normalized spacial score (nSPS) is 12.4. The third kappa shape index (κ3) is 4.04. The van der Waals surface area contributed by atoms with Crippen molar-refractivity contribution in [2.24, 2.45) is 10.2 Å². The van der Waals surface area contributed by atoms with Crippen molar-refractivity contribution in [3.63, 3.8) is 0 Å². The third-order valence-electron chi connectivity index (χ3n) is 5.16. The number of pyridine rings is 1. The lowest BCUT2D eigenvalue weighted by Gasteiger charge is -2.10. The lowest BCUT2D eigenvalue weighted by Crippen LogP contribution is -2.15. The van der Waals surface area contributed by atoms with Crippen LogP contribution in [0.5, 0.6) is 5.75 Å². The number of aromatic nitrogens is 2. The van der Waals surface area contributed by atoms with Gasteiger partial charge < -0.3 is 9.72 Å². The Morgan fingerprint density at radius 2 is 1.71 bits per heavy atom. The van der Waals surface area contributed by atoms with Crippen LogP contribution in [0.3, 0.4) is 0 Å². The number of fused-ring (bicyclic) bond motifs is 3. The fourth-order valence-corrected chi connectivity index (χ4v) is 4.84. The molecule has 0 saturated carbocycles. The highest BCUT2D eigenvalue weighted by molar-refractivity contribution is 7.86. The molecule has 0 aliphatic rings. The van der Waals surface area contributed by atoms with Gasteiger partial charge in [0, 0.05) is 11.6 Å². The monoisotopic (exact) mass is 517 g/mol. The Morgan fingerprint density at radius 3 is 2.31 bits per heavy atom. The van der Waals surface area contributed by atoms with Crippen LogP contribution in [-0.4, -0.2) is 42.4 Å². The smallest absolute Gasteiger partial charge is 0.298 e. The minimum absolute atomic E-state index is 0.0677. The van der Waals surface area contributed by atoms with Gasteiger partial charge in [0.05, 0.1) is 23.7 Å². The summed E-state index contributed by atoms with van der Waals surface area (Å²) in [6.07, 6.45) is 0. The zero-order chi connectivity index (χ0) is 25.7. The first-order chi connectivity index (χ1) is 16.4. The minimum atomic E-state index is -4.97. The minimum Gasteiger partial charge on any atom is -0.495 e. The topological polar surface area (TPSA) is 204 Å². The summed E-state index contributed by atoms with van der Waals surface area (Å²) in [5.41, 5.74) is -0.339. The molecule has 2 aromatic heterocycles. The number of methoxy groups -OCH3 is 1. The lowest BCUT2D eigenvalue weighted by molar-refractivity contribution is 0.395. The number of nitrogens with one attached hydrogen (secondary N) is 1. The van der Waals surface area contributed by atoms with E-state index in [4.69, 9.17) is 4.74 Å². The number of hydrogen-bond acceptors (Lipinski definition) is 9. The van der Waals surface area contributed by atoms with Crippen LogP contribution in [0, 0.1) is 18.3 Å². The third-order valence-corrected chi connectivity index (χ3v) is 6.92. The zero-order valence-electron chi connectivity index (χ0n) is 17.9. The summed E-state index contributed by atoms with van der Waals surface area (Å²) in [5.74, 6) is -0.581. The van der Waals surface area contributed by atoms with E-state index in [0.29, 0.717) is 23.2 Å². The summed E-state index contributed by atoms with van der Waals surface area (Å²) in [6, 6.07) is 9.99. The van der Waals surface area contributed by atoms with E-state index in [1.54, 1.807) is 24.3 Å². The average molecular weight is 518 g/mol. The second-order valence-corrected chi connectivity index (χ2v) is 9.99. The van der Waals surface area contributed by atoms with Gasteiger partial charge in [-0.2, -0.15) is 22.1 Å². The predicted octanol–water partition coefficient (Wildman–Crippen LogP) is 2.88. The Kier molecular flexibility index (Phi) is 5.69. The number of aromatic amines is 1. The second-order valence-electron chi connectivity index (χ2n) is 7.21. The van der Waals surface area contributed by atoms with Gasteiger partial charge in [-0.1, -0.05) is 12.1 Å². The van der Waals surface area contributed by atoms with E-state index in [-0.39, 0.29) is 22.5 Å². The number of imidazole rings is 1. The molecule has 180 valence electrons. The number of H-pyrrole nitrogens is 1. The Balaban J connectivity index is 2.05. The van der Waals surface area contributed by atoms with Crippen LogP contribution in [0.25, 0.3) is 16.7 Å². The Morgan fingerprint density at radius 1 is 1.06 bits per heavy atom. The van der Waals surface area contributed by atoms with Gasteiger partial charge in [0.2, 0.25) is 0 Å². The van der Waals surface area contributed by atoms with Crippen molar-refractivity contribution in [2.75, 3.05) is 7.11 Å². The molecule has 0 radical (unpaired) electrons. The zero-order valence-corrected chi connectivity index (χ0v) is 19.5. The first-order valence-corrected chi connectivity index (χ1v) is 12.4. The number of nitriles is 1. The fraction of sp³-hybridized carbons (Fsp3) is 0.100. The number of ether oxygens (including phenoxy) is 1. The molecule has 0 spiro atoms. The molecule has 13 nitrogen and oxygen atoms in total. The van der Waals surface area contributed by atoms with Crippen LogP contribution in [0.15, 0.2) is 61.2 Å². The van der Waals surface area contributed by atoms with Crippen LogP contribution in [-0.2, 0) is 20.2 Å². The second kappa shape index (κ2) is 8.29. The largest absolute Gasteiger partial charge is 0.495 e. The van der Waals surface area contributed by atoms with Gasteiger partial charge in [-0.3, -0.25) is 18.3 Å². The molecular weight excluding hydrogens is 502 g/mol. The van der Waals surface area contributed by atoms with E-state index in [1.165, 1.54) is 11.3 Å².